The number of ether oxygens (including phenoxy) is 1. The van der Waals surface area contributed by atoms with Crippen molar-refractivity contribution in [3.63, 3.8) is 0 Å². The van der Waals surface area contributed by atoms with Crippen LogP contribution in [0.3, 0.4) is 0 Å². The van der Waals surface area contributed by atoms with Gasteiger partial charge in [0.15, 0.2) is 0 Å². The van der Waals surface area contributed by atoms with Crippen molar-refractivity contribution in [1.82, 2.24) is 0 Å². The molecule has 1 heterocycles. The van der Waals surface area contributed by atoms with Crippen molar-refractivity contribution < 1.29 is 23.6 Å². The van der Waals surface area contributed by atoms with Crippen LogP contribution in [0.4, 0.5) is 0 Å². The molecule has 0 radical (unpaired) electrons. The van der Waals surface area contributed by atoms with Crippen LogP contribution in [0.15, 0.2) is 0 Å². The van der Waals surface area contributed by atoms with Gasteiger partial charge in [0.1, 0.15) is 17.1 Å². The largest absolute Gasteiger partial charge is 0.524 e. The van der Waals surface area contributed by atoms with Gasteiger partial charge < -0.3 is 15.0 Å². The maximum Gasteiger partial charge on any atom is 0.524 e. The summed E-state index contributed by atoms with van der Waals surface area (Å²) >= 11 is 0. The average molecular weight is 568 g/mol. The molecule has 7 heteroatoms. The molecule has 1 aromatic carbocycles. The average Bonchev–Trinajstić information content (AvgIpc) is 2.84. The summed E-state index contributed by atoms with van der Waals surface area (Å²) in [6.07, 6.45) is 14.1. The Morgan fingerprint density at radius 3 is 2.03 bits per heavy atom. The van der Waals surface area contributed by atoms with E-state index in [9.17, 15) is 14.4 Å². The molecule has 0 fully saturated rings. The quantitative estimate of drug-likeness (QED) is 0.163. The second-order valence-electron chi connectivity index (χ2n) is 13.2. The predicted molar refractivity (Wildman–Crippen MR) is 163 cm³/mol. The molecule has 0 aromatic heterocycles. The van der Waals surface area contributed by atoms with Gasteiger partial charge in [-0.05, 0) is 107 Å². The first-order valence-corrected chi connectivity index (χ1v) is 17.0. The van der Waals surface area contributed by atoms with Crippen LogP contribution in [-0.2, 0) is 11.0 Å². The third-order valence-corrected chi connectivity index (χ3v) is 9.65. The molecular formula is C32H58NO5P. The maximum absolute atomic E-state index is 11.6. The number of benzene rings is 1. The highest BCUT2D eigenvalue weighted by Gasteiger charge is 2.41. The van der Waals surface area contributed by atoms with Gasteiger partial charge in [-0.15, -0.1) is 0 Å². The van der Waals surface area contributed by atoms with E-state index in [1.807, 2.05) is 20.8 Å². The van der Waals surface area contributed by atoms with E-state index in [-0.39, 0.29) is 11.4 Å². The summed E-state index contributed by atoms with van der Waals surface area (Å²) in [7, 11) is -4.65. The standard InChI is InChI=1S/C32H58NO5P/c1-22(2)12-9-13-23(3)14-10-15-24(4)17-18-28(16-11-21-33)32(8)20-19-29-27(7)30(38-39(34,35)36)25(5)26(6)31(29)37-32/h22-24,28H,9-21,33H2,1-8H3,(H2,34,35,36)/t23-,24-,28?,32+/m1/s1. The van der Waals surface area contributed by atoms with Gasteiger partial charge >= 0.3 is 7.82 Å². The highest BCUT2D eigenvalue weighted by atomic mass is 31.2. The third kappa shape index (κ3) is 10.4. The molecule has 0 saturated heterocycles. The summed E-state index contributed by atoms with van der Waals surface area (Å²) in [5.74, 6) is 3.90. The summed E-state index contributed by atoms with van der Waals surface area (Å²) in [5.41, 5.74) is 9.05. The minimum absolute atomic E-state index is 0.287. The Labute approximate surface area is 239 Å². The Balaban J connectivity index is 2.05. The third-order valence-electron chi connectivity index (χ3n) is 9.23. The summed E-state index contributed by atoms with van der Waals surface area (Å²) in [6.45, 7) is 18.1. The fourth-order valence-electron chi connectivity index (χ4n) is 6.38. The van der Waals surface area contributed by atoms with E-state index in [1.54, 1.807) is 0 Å². The van der Waals surface area contributed by atoms with E-state index in [2.05, 4.69) is 34.6 Å². The summed E-state index contributed by atoms with van der Waals surface area (Å²) < 4.78 is 23.6. The Hall–Kier alpha value is -1.07. The molecule has 0 aliphatic carbocycles. The lowest BCUT2D eigenvalue weighted by Crippen LogP contribution is -2.44. The van der Waals surface area contributed by atoms with Crippen molar-refractivity contribution in [3.05, 3.63) is 22.3 Å². The molecule has 226 valence electrons. The summed E-state index contributed by atoms with van der Waals surface area (Å²) in [4.78, 5) is 18.9. The summed E-state index contributed by atoms with van der Waals surface area (Å²) in [5, 5.41) is 0. The van der Waals surface area contributed by atoms with Crippen molar-refractivity contribution in [2.24, 2.45) is 29.4 Å². The van der Waals surface area contributed by atoms with Gasteiger partial charge in [-0.3, -0.25) is 9.79 Å². The smallest absolute Gasteiger partial charge is 0.487 e. The molecule has 0 amide bonds. The van der Waals surface area contributed by atoms with E-state index in [0.29, 0.717) is 18.4 Å². The molecule has 4 atom stereocenters. The molecule has 39 heavy (non-hydrogen) atoms. The molecule has 0 saturated carbocycles. The van der Waals surface area contributed by atoms with E-state index < -0.39 is 7.82 Å². The van der Waals surface area contributed by atoms with Crippen molar-refractivity contribution in [1.29, 1.82) is 0 Å². The zero-order valence-corrected chi connectivity index (χ0v) is 27.0. The highest BCUT2D eigenvalue weighted by Crippen LogP contribution is 2.50. The molecule has 1 aliphatic rings. The highest BCUT2D eigenvalue weighted by molar-refractivity contribution is 7.46. The van der Waals surface area contributed by atoms with Gasteiger partial charge in [0, 0.05) is 5.56 Å². The lowest BCUT2D eigenvalue weighted by atomic mass is 9.75. The van der Waals surface area contributed by atoms with Crippen LogP contribution < -0.4 is 15.0 Å². The van der Waals surface area contributed by atoms with Crippen molar-refractivity contribution in [2.45, 2.75) is 138 Å². The van der Waals surface area contributed by atoms with Crippen molar-refractivity contribution in [2.75, 3.05) is 6.54 Å². The van der Waals surface area contributed by atoms with Gasteiger partial charge in [-0.1, -0.05) is 72.6 Å². The molecule has 0 spiro atoms. The summed E-state index contributed by atoms with van der Waals surface area (Å²) in [6, 6.07) is 0. The molecule has 4 N–H and O–H groups in total. The lowest BCUT2D eigenvalue weighted by Gasteiger charge is -2.43. The first-order valence-electron chi connectivity index (χ1n) is 15.4. The van der Waals surface area contributed by atoms with Gasteiger partial charge in [0.2, 0.25) is 0 Å². The maximum atomic E-state index is 11.6. The molecule has 2 rings (SSSR count). The Morgan fingerprint density at radius 2 is 1.46 bits per heavy atom. The van der Waals surface area contributed by atoms with E-state index >= 15 is 0 Å². The monoisotopic (exact) mass is 567 g/mol. The number of hydrogen-bond donors (Lipinski definition) is 3. The fraction of sp³-hybridized carbons (Fsp3) is 0.812. The van der Waals surface area contributed by atoms with Crippen molar-refractivity contribution >= 4 is 7.82 Å². The molecule has 1 unspecified atom stereocenters. The zero-order valence-electron chi connectivity index (χ0n) is 26.1. The van der Waals surface area contributed by atoms with Crippen LogP contribution in [-0.4, -0.2) is 21.9 Å². The van der Waals surface area contributed by atoms with Crippen molar-refractivity contribution in [3.8, 4) is 11.5 Å². The zero-order chi connectivity index (χ0) is 29.4. The minimum Gasteiger partial charge on any atom is -0.487 e. The first-order chi connectivity index (χ1) is 18.2. The first kappa shape index (κ1) is 34.1. The topological polar surface area (TPSA) is 102 Å². The van der Waals surface area contributed by atoms with Crippen LogP contribution in [0, 0.1) is 44.4 Å². The molecule has 0 bridgehead atoms. The van der Waals surface area contributed by atoms with E-state index in [1.165, 1.54) is 44.9 Å². The van der Waals surface area contributed by atoms with E-state index in [4.69, 9.17) is 15.0 Å². The van der Waals surface area contributed by atoms with Gasteiger partial charge in [-0.2, -0.15) is 0 Å². The van der Waals surface area contributed by atoms with Gasteiger partial charge in [0.25, 0.3) is 0 Å². The SMILES string of the molecule is Cc1c(C)c2c(c(C)c1OP(=O)(O)O)CC[C@@](C)(C(CCCN)CC[C@H](C)CCC[C@H](C)CCCC(C)C)O2. The Bertz CT molecular complexity index is 959. The number of fused-ring (bicyclic) bond motifs is 1. The molecule has 1 aliphatic heterocycles. The number of rotatable bonds is 17. The predicted octanol–water partition coefficient (Wildman–Crippen LogP) is 8.57. The minimum atomic E-state index is -4.65. The van der Waals surface area contributed by atoms with Crippen LogP contribution >= 0.6 is 7.82 Å². The van der Waals surface area contributed by atoms with Gasteiger partial charge in [-0.25, -0.2) is 4.57 Å². The van der Waals surface area contributed by atoms with Crippen LogP contribution in [0.2, 0.25) is 0 Å². The second-order valence-corrected chi connectivity index (χ2v) is 14.3. The number of hydrogen-bond acceptors (Lipinski definition) is 4. The molecule has 6 nitrogen and oxygen atoms in total. The normalized spacial score (nSPS) is 19.9. The number of phosphoric acid groups is 1. The van der Waals surface area contributed by atoms with Crippen LogP contribution in [0.1, 0.15) is 128 Å². The number of nitrogens with two attached hydrogens (primary N) is 1. The second kappa shape index (κ2) is 15.2. The Kier molecular flexibility index (Phi) is 13.3. The molecule has 1 aromatic rings. The number of phosphoric ester groups is 1. The lowest BCUT2D eigenvalue weighted by molar-refractivity contribution is -0.00525. The van der Waals surface area contributed by atoms with E-state index in [0.717, 1.165) is 71.9 Å². The van der Waals surface area contributed by atoms with Gasteiger partial charge in [0.05, 0.1) is 0 Å². The van der Waals surface area contributed by atoms with Crippen LogP contribution in [0.5, 0.6) is 11.5 Å². The molecular weight excluding hydrogens is 509 g/mol. The fourth-order valence-corrected chi connectivity index (χ4v) is 6.89. The van der Waals surface area contributed by atoms with Crippen LogP contribution in [0.25, 0.3) is 0 Å². The Morgan fingerprint density at radius 1 is 0.872 bits per heavy atom.